The van der Waals surface area contributed by atoms with Gasteiger partial charge in [-0.1, -0.05) is 12.1 Å². The van der Waals surface area contributed by atoms with Gasteiger partial charge in [-0.25, -0.2) is 0 Å². The Labute approximate surface area is 190 Å². The van der Waals surface area contributed by atoms with Gasteiger partial charge in [0, 0.05) is 32.3 Å². The summed E-state index contributed by atoms with van der Waals surface area (Å²) in [5.41, 5.74) is -2.42. The minimum Gasteiger partial charge on any atom is -0.497 e. The molecule has 0 radical (unpaired) electrons. The van der Waals surface area contributed by atoms with E-state index in [0.29, 0.717) is 38.4 Å². The largest absolute Gasteiger partial charge is 0.497 e. The number of benzene rings is 6. The number of ether oxygens (including phenoxy) is 2. The molecule has 0 aromatic heterocycles. The predicted octanol–water partition coefficient (Wildman–Crippen LogP) is 3.79. The second kappa shape index (κ2) is 6.96. The lowest BCUT2D eigenvalue weighted by Gasteiger charge is -2.13. The van der Waals surface area contributed by atoms with Gasteiger partial charge in [-0.3, -0.25) is 19.2 Å². The summed E-state index contributed by atoms with van der Waals surface area (Å²) in [6.45, 7) is 0. The molecular weight excluding hydrogens is 432 g/mol. The van der Waals surface area contributed by atoms with Crippen LogP contribution in [0.25, 0.3) is 53.9 Å². The summed E-state index contributed by atoms with van der Waals surface area (Å²) in [4.78, 5) is 51.9. The second-order valence-corrected chi connectivity index (χ2v) is 8.21. The number of fused-ring (bicyclic) bond motifs is 9. The fraction of sp³-hybridized carbons (Fsp3) is 0.0714. The monoisotopic (exact) mass is 448 g/mol. The molecule has 0 aliphatic heterocycles. The van der Waals surface area contributed by atoms with Gasteiger partial charge in [0.2, 0.25) is 21.7 Å². The van der Waals surface area contributed by atoms with Crippen LogP contribution in [-0.4, -0.2) is 14.2 Å². The van der Waals surface area contributed by atoms with E-state index >= 15 is 0 Å². The zero-order valence-corrected chi connectivity index (χ0v) is 18.2. The van der Waals surface area contributed by atoms with E-state index in [0.717, 1.165) is 5.39 Å². The van der Waals surface area contributed by atoms with Gasteiger partial charge in [0.15, 0.2) is 0 Å². The molecule has 0 amide bonds. The zero-order chi connectivity index (χ0) is 23.7. The molecule has 0 N–H and O–H groups in total. The Morgan fingerprint density at radius 1 is 0.441 bits per heavy atom. The highest BCUT2D eigenvalue weighted by molar-refractivity contribution is 6.32. The Morgan fingerprint density at radius 2 is 0.824 bits per heavy atom. The van der Waals surface area contributed by atoms with Crippen molar-refractivity contribution in [1.82, 2.24) is 0 Å². The lowest BCUT2D eigenvalue weighted by Crippen LogP contribution is -2.24. The summed E-state index contributed by atoms with van der Waals surface area (Å²) >= 11 is 0. The van der Waals surface area contributed by atoms with Gasteiger partial charge < -0.3 is 9.47 Å². The molecule has 34 heavy (non-hydrogen) atoms. The van der Waals surface area contributed by atoms with Crippen molar-refractivity contribution < 1.29 is 9.47 Å². The fourth-order valence-electron chi connectivity index (χ4n) is 4.96. The van der Waals surface area contributed by atoms with Crippen LogP contribution in [-0.2, 0) is 0 Å². The third kappa shape index (κ3) is 2.50. The van der Waals surface area contributed by atoms with Crippen LogP contribution in [0.1, 0.15) is 0 Å². The Morgan fingerprint density at radius 3 is 1.24 bits per heavy atom. The van der Waals surface area contributed by atoms with Crippen LogP contribution in [0.3, 0.4) is 0 Å². The molecule has 0 aliphatic carbocycles. The molecule has 0 spiro atoms. The van der Waals surface area contributed by atoms with Gasteiger partial charge in [0.25, 0.3) is 0 Å². The molecule has 0 aliphatic rings. The molecule has 0 saturated heterocycles. The van der Waals surface area contributed by atoms with Gasteiger partial charge in [-0.15, -0.1) is 0 Å². The van der Waals surface area contributed by atoms with Crippen molar-refractivity contribution in [2.75, 3.05) is 14.2 Å². The van der Waals surface area contributed by atoms with E-state index in [-0.39, 0.29) is 21.5 Å². The SMILES string of the molecule is COc1ccc2c(=O)c(=O)c3ccc4ccc5c(=O)c(=O)c6ccc(OC)cc6c5c4c3c2c1. The number of rotatable bonds is 2. The smallest absolute Gasteiger partial charge is 0.234 e. The van der Waals surface area contributed by atoms with Crippen LogP contribution in [0.15, 0.2) is 79.8 Å². The first-order valence-corrected chi connectivity index (χ1v) is 10.6. The third-order valence-electron chi connectivity index (χ3n) is 6.57. The van der Waals surface area contributed by atoms with Crippen molar-refractivity contribution in [3.63, 3.8) is 0 Å². The topological polar surface area (TPSA) is 86.7 Å². The minimum atomic E-state index is -0.615. The maximum atomic E-state index is 13.1. The second-order valence-electron chi connectivity index (χ2n) is 8.21. The van der Waals surface area contributed by atoms with E-state index in [9.17, 15) is 19.2 Å². The molecule has 164 valence electrons. The van der Waals surface area contributed by atoms with Crippen molar-refractivity contribution in [2.24, 2.45) is 0 Å². The summed E-state index contributed by atoms with van der Waals surface area (Å²) < 4.78 is 10.8. The zero-order valence-electron chi connectivity index (χ0n) is 18.2. The van der Waals surface area contributed by atoms with Crippen LogP contribution in [0.2, 0.25) is 0 Å². The van der Waals surface area contributed by atoms with Gasteiger partial charge >= 0.3 is 0 Å². The summed E-state index contributed by atoms with van der Waals surface area (Å²) in [5.74, 6) is 1.06. The molecule has 0 fully saturated rings. The van der Waals surface area contributed by atoms with Crippen LogP contribution in [0.4, 0.5) is 0 Å². The normalized spacial score (nSPS) is 11.7. The van der Waals surface area contributed by atoms with Crippen molar-refractivity contribution in [3.05, 3.63) is 102 Å². The number of hydrogen-bond donors (Lipinski definition) is 0. The average molecular weight is 448 g/mol. The fourth-order valence-corrected chi connectivity index (χ4v) is 4.96. The first kappa shape index (κ1) is 20.1. The molecule has 6 nitrogen and oxygen atoms in total. The van der Waals surface area contributed by atoms with Crippen LogP contribution in [0, 0.1) is 0 Å². The quantitative estimate of drug-likeness (QED) is 0.296. The molecular formula is C28H16O6. The summed E-state index contributed by atoms with van der Waals surface area (Å²) in [6.07, 6.45) is 0. The number of hydrogen-bond acceptors (Lipinski definition) is 6. The van der Waals surface area contributed by atoms with E-state index in [1.807, 2.05) is 0 Å². The van der Waals surface area contributed by atoms with Gasteiger partial charge in [0.05, 0.1) is 14.2 Å². The first-order valence-electron chi connectivity index (χ1n) is 10.6. The molecule has 6 rings (SSSR count). The lowest BCUT2D eigenvalue weighted by atomic mass is 9.90. The van der Waals surface area contributed by atoms with Crippen molar-refractivity contribution in [3.8, 4) is 11.5 Å². The predicted molar refractivity (Wildman–Crippen MR) is 135 cm³/mol. The van der Waals surface area contributed by atoms with E-state index in [4.69, 9.17) is 9.47 Å². The number of methoxy groups -OCH3 is 2. The molecule has 6 aromatic carbocycles. The molecule has 0 saturated carbocycles. The summed E-state index contributed by atoms with van der Waals surface area (Å²) in [5, 5.41) is 4.62. The Hall–Kier alpha value is -4.58. The van der Waals surface area contributed by atoms with E-state index < -0.39 is 21.7 Å². The molecule has 0 bridgehead atoms. The minimum absolute atomic E-state index is 0.250. The Kier molecular flexibility index (Phi) is 4.10. The van der Waals surface area contributed by atoms with Crippen molar-refractivity contribution in [2.45, 2.75) is 0 Å². The lowest BCUT2D eigenvalue weighted by molar-refractivity contribution is 0.415. The van der Waals surface area contributed by atoms with Crippen LogP contribution in [0.5, 0.6) is 11.5 Å². The summed E-state index contributed by atoms with van der Waals surface area (Å²) in [6, 6.07) is 16.7. The van der Waals surface area contributed by atoms with Gasteiger partial charge in [0.1, 0.15) is 11.5 Å². The van der Waals surface area contributed by atoms with Crippen molar-refractivity contribution >= 4 is 53.9 Å². The van der Waals surface area contributed by atoms with Crippen molar-refractivity contribution in [1.29, 1.82) is 0 Å². The Bertz CT molecular complexity index is 1920. The van der Waals surface area contributed by atoms with Gasteiger partial charge in [-0.2, -0.15) is 0 Å². The van der Waals surface area contributed by atoms with Crippen LogP contribution < -0.4 is 31.2 Å². The van der Waals surface area contributed by atoms with Gasteiger partial charge in [-0.05, 0) is 70.1 Å². The molecule has 0 atom stereocenters. The van der Waals surface area contributed by atoms with Crippen LogP contribution >= 0.6 is 0 Å². The molecule has 0 heterocycles. The summed E-state index contributed by atoms with van der Waals surface area (Å²) in [7, 11) is 3.05. The molecule has 6 aromatic rings. The van der Waals surface area contributed by atoms with E-state index in [1.54, 1.807) is 60.7 Å². The molecule has 0 unspecified atom stereocenters. The highest BCUT2D eigenvalue weighted by Gasteiger charge is 2.19. The highest BCUT2D eigenvalue weighted by Crippen LogP contribution is 2.37. The maximum Gasteiger partial charge on any atom is 0.234 e. The Balaban J connectivity index is 2.06. The maximum absolute atomic E-state index is 13.1. The third-order valence-corrected chi connectivity index (χ3v) is 6.57. The van der Waals surface area contributed by atoms with E-state index in [2.05, 4.69) is 0 Å². The molecule has 6 heteroatoms. The standard InChI is InChI=1S/C28H16O6/c1-33-14-5-9-16-20(11-14)23-18(27(31)25(16)29)7-3-13-4-8-19-24(22(13)23)21-12-15(34-2)6-10-17(21)26(30)28(19)32/h3-12H,1-2H3. The van der Waals surface area contributed by atoms with E-state index in [1.165, 1.54) is 14.2 Å². The highest BCUT2D eigenvalue weighted by atomic mass is 16.5. The first-order chi connectivity index (χ1) is 16.4. The average Bonchev–Trinajstić information content (AvgIpc) is 2.88.